The molecule has 29 heavy (non-hydrogen) atoms. The zero-order chi connectivity index (χ0) is 20.8. The van der Waals surface area contributed by atoms with Crippen molar-refractivity contribution in [3.63, 3.8) is 0 Å². The molecule has 150 valence electrons. The predicted octanol–water partition coefficient (Wildman–Crippen LogP) is 4.78. The van der Waals surface area contributed by atoms with E-state index in [1.165, 1.54) is 17.8 Å². The number of aryl methyl sites for hydroxylation is 1. The number of halogens is 2. The molecule has 1 heterocycles. The van der Waals surface area contributed by atoms with Gasteiger partial charge in [-0.25, -0.2) is 4.39 Å². The van der Waals surface area contributed by atoms with E-state index in [-0.39, 0.29) is 24.0 Å². The van der Waals surface area contributed by atoms with Gasteiger partial charge in [-0.15, -0.1) is 16.8 Å². The number of aromatic nitrogens is 3. The van der Waals surface area contributed by atoms with Gasteiger partial charge in [0.05, 0.1) is 5.75 Å². The number of amides is 1. The summed E-state index contributed by atoms with van der Waals surface area (Å²) in [5, 5.41) is 8.71. The molecule has 0 atom stereocenters. The van der Waals surface area contributed by atoms with Crippen LogP contribution in [0.2, 0.25) is 0 Å². The quantitative estimate of drug-likeness (QED) is 0.348. The average Bonchev–Trinajstić information content (AvgIpc) is 3.17. The van der Waals surface area contributed by atoms with Crippen LogP contribution in [0, 0.1) is 12.7 Å². The molecule has 0 saturated carbocycles. The maximum Gasteiger partial charge on any atom is 0.233 e. The number of carbonyl (C=O) groups excluding carboxylic acids is 1. The Bertz CT molecular complexity index is 1010. The van der Waals surface area contributed by atoms with Gasteiger partial charge >= 0.3 is 0 Å². The van der Waals surface area contributed by atoms with Crippen LogP contribution in [-0.2, 0) is 11.3 Å². The second kappa shape index (κ2) is 9.84. The predicted molar refractivity (Wildman–Crippen MR) is 117 cm³/mol. The van der Waals surface area contributed by atoms with E-state index in [2.05, 4.69) is 32.7 Å². The fourth-order valence-corrected chi connectivity index (χ4v) is 3.94. The maximum absolute atomic E-state index is 14.1. The Morgan fingerprint density at radius 3 is 2.79 bits per heavy atom. The molecule has 1 aromatic heterocycles. The topological polar surface area (TPSA) is 51.0 Å². The molecule has 1 amide bonds. The summed E-state index contributed by atoms with van der Waals surface area (Å²) >= 11 is 4.64. The Morgan fingerprint density at radius 2 is 2.07 bits per heavy atom. The number of hydrogen-bond acceptors (Lipinski definition) is 4. The Balaban J connectivity index is 1.70. The molecule has 3 aromatic rings. The van der Waals surface area contributed by atoms with Crippen LogP contribution in [-0.4, -0.2) is 37.9 Å². The van der Waals surface area contributed by atoms with Gasteiger partial charge in [0.2, 0.25) is 5.91 Å². The first kappa shape index (κ1) is 21.3. The summed E-state index contributed by atoms with van der Waals surface area (Å²) in [6.07, 6.45) is 3.25. The molecule has 0 bridgehead atoms. The van der Waals surface area contributed by atoms with Crippen LogP contribution >= 0.6 is 27.7 Å². The number of carbonyl (C=O) groups is 1. The van der Waals surface area contributed by atoms with Gasteiger partial charge in [0.25, 0.3) is 0 Å². The van der Waals surface area contributed by atoms with Crippen molar-refractivity contribution in [3.8, 4) is 5.69 Å². The molecule has 2 aromatic carbocycles. The van der Waals surface area contributed by atoms with E-state index in [9.17, 15) is 9.18 Å². The molecule has 0 aliphatic heterocycles. The zero-order valence-electron chi connectivity index (χ0n) is 15.9. The minimum atomic E-state index is -0.346. The molecule has 0 aliphatic carbocycles. The molecule has 5 nitrogen and oxygen atoms in total. The Kier molecular flexibility index (Phi) is 7.22. The molecule has 0 spiro atoms. The molecule has 0 unspecified atom stereocenters. The second-order valence-electron chi connectivity index (χ2n) is 6.41. The normalized spacial score (nSPS) is 10.7. The monoisotopic (exact) mass is 474 g/mol. The van der Waals surface area contributed by atoms with E-state index in [0.29, 0.717) is 17.3 Å². The third kappa shape index (κ3) is 5.55. The van der Waals surface area contributed by atoms with Crippen LogP contribution < -0.4 is 0 Å². The Morgan fingerprint density at radius 1 is 1.31 bits per heavy atom. The fourth-order valence-electron chi connectivity index (χ4n) is 2.70. The highest BCUT2D eigenvalue weighted by Gasteiger charge is 2.17. The summed E-state index contributed by atoms with van der Waals surface area (Å²) in [6, 6.07) is 12.7. The highest BCUT2D eigenvalue weighted by atomic mass is 79.9. The number of rotatable bonds is 8. The molecule has 0 radical (unpaired) electrons. The van der Waals surface area contributed by atoms with Gasteiger partial charge < -0.3 is 4.90 Å². The summed E-state index contributed by atoms with van der Waals surface area (Å²) in [5.41, 5.74) is 2.53. The van der Waals surface area contributed by atoms with Crippen molar-refractivity contribution in [1.82, 2.24) is 19.7 Å². The lowest BCUT2D eigenvalue weighted by Crippen LogP contribution is -2.32. The van der Waals surface area contributed by atoms with Crippen LogP contribution in [0.15, 0.2) is 71.1 Å². The largest absolute Gasteiger partial charge is 0.334 e. The van der Waals surface area contributed by atoms with E-state index in [1.54, 1.807) is 29.4 Å². The molecule has 3 rings (SSSR count). The van der Waals surface area contributed by atoms with Crippen LogP contribution in [0.3, 0.4) is 0 Å². The van der Waals surface area contributed by atoms with Gasteiger partial charge in [0, 0.05) is 28.8 Å². The summed E-state index contributed by atoms with van der Waals surface area (Å²) in [7, 11) is 0. The van der Waals surface area contributed by atoms with Crippen LogP contribution in [0.1, 0.15) is 11.1 Å². The minimum absolute atomic E-state index is 0.132. The number of benzene rings is 2. The highest BCUT2D eigenvalue weighted by molar-refractivity contribution is 9.10. The van der Waals surface area contributed by atoms with Crippen molar-refractivity contribution >= 4 is 33.6 Å². The van der Waals surface area contributed by atoms with E-state index >= 15 is 0 Å². The summed E-state index contributed by atoms with van der Waals surface area (Å²) in [5.74, 6) is -0.317. The zero-order valence-corrected chi connectivity index (χ0v) is 18.3. The third-order valence-corrected chi connectivity index (χ3v) is 5.65. The number of nitrogens with zero attached hydrogens (tertiary/aromatic N) is 4. The van der Waals surface area contributed by atoms with E-state index in [0.717, 1.165) is 15.7 Å². The average molecular weight is 475 g/mol. The van der Waals surface area contributed by atoms with Crippen molar-refractivity contribution in [2.45, 2.75) is 18.6 Å². The minimum Gasteiger partial charge on any atom is -0.334 e. The lowest BCUT2D eigenvalue weighted by Gasteiger charge is -2.21. The van der Waals surface area contributed by atoms with E-state index in [1.807, 2.05) is 35.8 Å². The highest BCUT2D eigenvalue weighted by Crippen LogP contribution is 2.22. The maximum atomic E-state index is 14.1. The fraction of sp³-hybridized carbons (Fsp3) is 0.190. The van der Waals surface area contributed by atoms with Gasteiger partial charge in [0.1, 0.15) is 12.1 Å². The molecular weight excluding hydrogens is 455 g/mol. The van der Waals surface area contributed by atoms with Gasteiger partial charge in [-0.3, -0.25) is 9.36 Å². The van der Waals surface area contributed by atoms with Crippen LogP contribution in [0.5, 0.6) is 0 Å². The van der Waals surface area contributed by atoms with Crippen molar-refractivity contribution < 1.29 is 9.18 Å². The molecule has 0 N–H and O–H groups in total. The van der Waals surface area contributed by atoms with Crippen molar-refractivity contribution in [3.05, 3.63) is 82.9 Å². The summed E-state index contributed by atoms with van der Waals surface area (Å²) in [4.78, 5) is 14.4. The lowest BCUT2D eigenvalue weighted by atomic mass is 10.2. The Labute approximate surface area is 181 Å². The van der Waals surface area contributed by atoms with Gasteiger partial charge in [-0.1, -0.05) is 51.5 Å². The van der Waals surface area contributed by atoms with Crippen molar-refractivity contribution in [2.24, 2.45) is 0 Å². The molecule has 0 aliphatic rings. The summed E-state index contributed by atoms with van der Waals surface area (Å²) < 4.78 is 16.7. The molecule has 0 saturated heterocycles. The summed E-state index contributed by atoms with van der Waals surface area (Å²) in [6.45, 7) is 6.22. The smallest absolute Gasteiger partial charge is 0.233 e. The first-order valence-electron chi connectivity index (χ1n) is 8.90. The second-order valence-corrected chi connectivity index (χ2v) is 8.26. The van der Waals surface area contributed by atoms with Gasteiger partial charge in [0.15, 0.2) is 5.16 Å². The first-order valence-corrected chi connectivity index (χ1v) is 10.7. The number of thioether (sulfide) groups is 1. The third-order valence-electron chi connectivity index (χ3n) is 4.22. The van der Waals surface area contributed by atoms with Crippen molar-refractivity contribution in [2.75, 3.05) is 12.3 Å². The molecule has 8 heteroatoms. The van der Waals surface area contributed by atoms with Crippen molar-refractivity contribution in [1.29, 1.82) is 0 Å². The SMILES string of the molecule is C=CCN(Cc1cc(Br)ccc1F)C(=O)CSc1nncn1-c1ccc(C)cc1. The lowest BCUT2D eigenvalue weighted by molar-refractivity contribution is -0.128. The van der Waals surface area contributed by atoms with Crippen LogP contribution in [0.25, 0.3) is 5.69 Å². The van der Waals surface area contributed by atoms with E-state index < -0.39 is 0 Å². The van der Waals surface area contributed by atoms with Gasteiger partial charge in [-0.05, 0) is 37.3 Å². The van der Waals surface area contributed by atoms with E-state index in [4.69, 9.17) is 0 Å². The molecular formula is C21H20BrFN4OS. The first-order chi connectivity index (χ1) is 14.0. The van der Waals surface area contributed by atoms with Gasteiger partial charge in [-0.2, -0.15) is 0 Å². The number of hydrogen-bond donors (Lipinski definition) is 0. The molecule has 0 fully saturated rings. The standard InChI is InChI=1S/C21H20BrFN4OS/c1-3-10-26(12-16-11-17(22)6-9-19(16)23)20(28)13-29-21-25-24-14-27(21)18-7-4-15(2)5-8-18/h3-9,11,14H,1,10,12-13H2,2H3. The van der Waals surface area contributed by atoms with Crippen LogP contribution in [0.4, 0.5) is 4.39 Å². The Hall–Kier alpha value is -2.45.